The van der Waals surface area contributed by atoms with E-state index in [1.165, 1.54) is 11.5 Å². The number of fused-ring (bicyclic) bond motifs is 1. The van der Waals surface area contributed by atoms with Gasteiger partial charge in [-0.1, -0.05) is 18.2 Å². The van der Waals surface area contributed by atoms with E-state index in [1.54, 1.807) is 55.8 Å². The number of aromatic nitrogens is 2. The van der Waals surface area contributed by atoms with E-state index in [0.29, 0.717) is 17.0 Å². The zero-order valence-corrected chi connectivity index (χ0v) is 14.4. The van der Waals surface area contributed by atoms with Gasteiger partial charge in [0.2, 0.25) is 5.88 Å². The molecule has 2 heterocycles. The molecule has 0 spiro atoms. The number of benzene rings is 1. The molecule has 26 heavy (non-hydrogen) atoms. The highest BCUT2D eigenvalue weighted by molar-refractivity contribution is 5.71. The second-order valence-electron chi connectivity index (χ2n) is 5.69. The summed E-state index contributed by atoms with van der Waals surface area (Å²) in [7, 11) is 2.82. The lowest BCUT2D eigenvalue weighted by Crippen LogP contribution is -2.24. The van der Waals surface area contributed by atoms with Gasteiger partial charge in [0, 0.05) is 12.1 Å². The summed E-state index contributed by atoms with van der Waals surface area (Å²) in [5, 5.41) is 10.4. The maximum absolute atomic E-state index is 12.9. The molecule has 0 amide bonds. The maximum Gasteiger partial charge on any atom is 0.306 e. The Labute approximate surface area is 149 Å². The quantitative estimate of drug-likeness (QED) is 0.706. The molecule has 0 aliphatic rings. The Hall–Kier alpha value is -3.35. The van der Waals surface area contributed by atoms with Crippen LogP contribution in [0.3, 0.4) is 0 Å². The fourth-order valence-corrected chi connectivity index (χ4v) is 2.87. The molecule has 0 saturated heterocycles. The number of ether oxygens (including phenoxy) is 2. The topological polar surface area (TPSA) is 90.1 Å². The highest BCUT2D eigenvalue weighted by Gasteiger charge is 2.26. The predicted octanol–water partition coefficient (Wildman–Crippen LogP) is 2.10. The van der Waals surface area contributed by atoms with Crippen molar-refractivity contribution in [2.24, 2.45) is 0 Å². The van der Waals surface area contributed by atoms with Crippen LogP contribution in [0.1, 0.15) is 23.5 Å². The van der Waals surface area contributed by atoms with Gasteiger partial charge in [-0.25, -0.2) is 0 Å². The van der Waals surface area contributed by atoms with Crippen LogP contribution in [0, 0.1) is 0 Å². The van der Waals surface area contributed by atoms with Gasteiger partial charge in [-0.2, -0.15) is 4.98 Å². The molecule has 0 aliphatic carbocycles. The van der Waals surface area contributed by atoms with E-state index in [1.807, 2.05) is 0 Å². The van der Waals surface area contributed by atoms with Gasteiger partial charge in [-0.3, -0.25) is 14.0 Å². The molecular formula is C19H18N2O5. The molecule has 1 N–H and O–H groups in total. The molecule has 7 nitrogen and oxygen atoms in total. The van der Waals surface area contributed by atoms with Crippen LogP contribution in [-0.2, 0) is 9.53 Å². The number of esters is 1. The van der Waals surface area contributed by atoms with E-state index in [2.05, 4.69) is 4.98 Å². The van der Waals surface area contributed by atoms with E-state index in [-0.39, 0.29) is 12.0 Å². The predicted molar refractivity (Wildman–Crippen MR) is 94.6 cm³/mol. The zero-order chi connectivity index (χ0) is 18.7. The third kappa shape index (κ3) is 3.23. The van der Waals surface area contributed by atoms with Crippen LogP contribution in [0.2, 0.25) is 0 Å². The van der Waals surface area contributed by atoms with Crippen LogP contribution in [0.5, 0.6) is 11.6 Å². The standard InChI is InChI=1S/C19H18N2O5/c1-25-13-8-6-12(7-9-13)14(11-16(22)26-2)17-18(23)20-15-5-3-4-10-21(15)19(17)24/h3-10,14,23H,11H2,1-2H3/t14-/m1/s1. The number of carbonyl (C=O) groups excluding carboxylic acids is 1. The lowest BCUT2D eigenvalue weighted by Gasteiger charge is -2.18. The number of carbonyl (C=O) groups is 1. The summed E-state index contributed by atoms with van der Waals surface area (Å²) in [6.07, 6.45) is 1.46. The largest absolute Gasteiger partial charge is 0.497 e. The monoisotopic (exact) mass is 354 g/mol. The fourth-order valence-electron chi connectivity index (χ4n) is 2.87. The van der Waals surface area contributed by atoms with Crippen molar-refractivity contribution < 1.29 is 19.4 Å². The van der Waals surface area contributed by atoms with Gasteiger partial charge in [0.15, 0.2) is 0 Å². The average Bonchev–Trinajstić information content (AvgIpc) is 2.67. The van der Waals surface area contributed by atoms with Crippen LogP contribution in [0.25, 0.3) is 5.65 Å². The number of aromatic hydroxyl groups is 1. The smallest absolute Gasteiger partial charge is 0.306 e. The van der Waals surface area contributed by atoms with Crippen LogP contribution >= 0.6 is 0 Å². The molecule has 2 aromatic heterocycles. The molecule has 134 valence electrons. The lowest BCUT2D eigenvalue weighted by atomic mass is 9.89. The molecule has 3 aromatic rings. The molecule has 7 heteroatoms. The van der Waals surface area contributed by atoms with Crippen molar-refractivity contribution in [2.75, 3.05) is 14.2 Å². The molecule has 0 fully saturated rings. The summed E-state index contributed by atoms with van der Waals surface area (Å²) in [4.78, 5) is 29.0. The minimum absolute atomic E-state index is 0.0456. The van der Waals surface area contributed by atoms with Crippen molar-refractivity contribution in [3.63, 3.8) is 0 Å². The summed E-state index contributed by atoms with van der Waals surface area (Å²) >= 11 is 0. The van der Waals surface area contributed by atoms with Crippen LogP contribution in [-0.4, -0.2) is 34.7 Å². The number of rotatable bonds is 5. The van der Waals surface area contributed by atoms with E-state index in [9.17, 15) is 14.7 Å². The second kappa shape index (κ2) is 7.26. The molecule has 0 unspecified atom stereocenters. The summed E-state index contributed by atoms with van der Waals surface area (Å²) < 4.78 is 11.2. The van der Waals surface area contributed by atoms with Gasteiger partial charge in [-0.05, 0) is 29.8 Å². The molecule has 0 aliphatic heterocycles. The molecule has 1 atom stereocenters. The van der Waals surface area contributed by atoms with E-state index >= 15 is 0 Å². The summed E-state index contributed by atoms with van der Waals surface area (Å²) in [6.45, 7) is 0. The Kier molecular flexibility index (Phi) is 4.88. The van der Waals surface area contributed by atoms with Crippen molar-refractivity contribution in [3.05, 3.63) is 70.1 Å². The zero-order valence-electron chi connectivity index (χ0n) is 14.4. The third-order valence-corrected chi connectivity index (χ3v) is 4.21. The van der Waals surface area contributed by atoms with Crippen molar-refractivity contribution in [1.29, 1.82) is 0 Å². The minimum Gasteiger partial charge on any atom is -0.497 e. The van der Waals surface area contributed by atoms with Gasteiger partial charge in [0.25, 0.3) is 5.56 Å². The van der Waals surface area contributed by atoms with E-state index < -0.39 is 23.3 Å². The Morgan fingerprint density at radius 1 is 1.19 bits per heavy atom. The number of hydrogen-bond acceptors (Lipinski definition) is 6. The minimum atomic E-state index is -0.703. The highest BCUT2D eigenvalue weighted by atomic mass is 16.5. The summed E-state index contributed by atoms with van der Waals surface area (Å²) in [5.41, 5.74) is 0.605. The lowest BCUT2D eigenvalue weighted by molar-refractivity contribution is -0.140. The van der Waals surface area contributed by atoms with Crippen LogP contribution in [0.4, 0.5) is 0 Å². The Morgan fingerprint density at radius 2 is 1.92 bits per heavy atom. The SMILES string of the molecule is COC(=O)C[C@H](c1ccc(OC)cc1)c1c(O)nc2ccccn2c1=O. The van der Waals surface area contributed by atoms with Gasteiger partial charge in [0.1, 0.15) is 11.4 Å². The summed E-state index contributed by atoms with van der Waals surface area (Å²) in [5.74, 6) is -0.956. The molecule has 0 saturated carbocycles. The molecule has 1 aromatic carbocycles. The van der Waals surface area contributed by atoms with Crippen molar-refractivity contribution in [3.8, 4) is 11.6 Å². The highest BCUT2D eigenvalue weighted by Crippen LogP contribution is 2.32. The number of methoxy groups -OCH3 is 2. The van der Waals surface area contributed by atoms with Gasteiger partial charge >= 0.3 is 5.97 Å². The molecule has 0 bridgehead atoms. The normalized spacial score (nSPS) is 11.9. The first-order valence-corrected chi connectivity index (χ1v) is 7.96. The first kappa shape index (κ1) is 17.5. The summed E-state index contributed by atoms with van der Waals surface area (Å²) in [6, 6.07) is 12.0. The Balaban J connectivity index is 2.19. The first-order chi connectivity index (χ1) is 12.5. The molecule has 3 rings (SSSR count). The van der Waals surface area contributed by atoms with Crippen LogP contribution in [0.15, 0.2) is 53.5 Å². The van der Waals surface area contributed by atoms with Crippen molar-refractivity contribution in [1.82, 2.24) is 9.38 Å². The van der Waals surface area contributed by atoms with Gasteiger partial charge < -0.3 is 14.6 Å². The van der Waals surface area contributed by atoms with E-state index in [4.69, 9.17) is 9.47 Å². The van der Waals surface area contributed by atoms with Gasteiger partial charge in [0.05, 0.1) is 26.2 Å². The van der Waals surface area contributed by atoms with Crippen molar-refractivity contribution >= 4 is 11.6 Å². The Morgan fingerprint density at radius 3 is 2.58 bits per heavy atom. The van der Waals surface area contributed by atoms with Crippen LogP contribution < -0.4 is 10.3 Å². The third-order valence-electron chi connectivity index (χ3n) is 4.21. The Bertz CT molecular complexity index is 995. The number of nitrogens with zero attached hydrogens (tertiary/aromatic N) is 2. The van der Waals surface area contributed by atoms with Crippen molar-refractivity contribution in [2.45, 2.75) is 12.3 Å². The molecular weight excluding hydrogens is 336 g/mol. The number of hydrogen-bond donors (Lipinski definition) is 1. The molecule has 0 radical (unpaired) electrons. The first-order valence-electron chi connectivity index (χ1n) is 7.96. The maximum atomic E-state index is 12.9. The number of pyridine rings is 1. The fraction of sp³-hybridized carbons (Fsp3) is 0.211. The van der Waals surface area contributed by atoms with E-state index in [0.717, 1.165) is 0 Å². The average molecular weight is 354 g/mol. The van der Waals surface area contributed by atoms with Gasteiger partial charge in [-0.15, -0.1) is 0 Å². The second-order valence-corrected chi connectivity index (χ2v) is 5.69.